The molecular formula is C30H36N6O3S2. The molecule has 1 aliphatic rings. The van der Waals surface area contributed by atoms with Crippen molar-refractivity contribution in [2.75, 3.05) is 18.8 Å². The fraction of sp³-hybridized carbons (Fsp3) is 0.367. The number of aryl methyl sites for hydroxylation is 1. The number of fused-ring (bicyclic) bond motifs is 1. The lowest BCUT2D eigenvalue weighted by Gasteiger charge is -2.32. The zero-order valence-corrected chi connectivity index (χ0v) is 25.0. The molecule has 0 unspecified atom stereocenters. The number of hydrogen-bond donors (Lipinski definition) is 3. The van der Waals surface area contributed by atoms with Crippen LogP contribution in [-0.4, -0.2) is 57.2 Å². The number of amides is 1. The molecule has 0 saturated carbocycles. The largest absolute Gasteiger partial charge is 0.389 e. The number of nitrogens with two attached hydrogens (primary N) is 1. The van der Waals surface area contributed by atoms with Gasteiger partial charge in [0.25, 0.3) is 0 Å². The van der Waals surface area contributed by atoms with E-state index in [0.29, 0.717) is 36.7 Å². The minimum absolute atomic E-state index is 0.0945. The Morgan fingerprint density at radius 2 is 1.95 bits per heavy atom. The molecule has 41 heavy (non-hydrogen) atoms. The fourth-order valence-corrected chi connectivity index (χ4v) is 7.23. The second-order valence-corrected chi connectivity index (χ2v) is 13.2. The first-order chi connectivity index (χ1) is 19.6. The van der Waals surface area contributed by atoms with Crippen LogP contribution in [0.2, 0.25) is 0 Å². The van der Waals surface area contributed by atoms with Crippen molar-refractivity contribution in [1.29, 1.82) is 0 Å². The smallest absolute Gasteiger partial charge is 0.226 e. The number of carbonyl (C=O) groups is 1. The molecule has 0 radical (unpaired) electrons. The summed E-state index contributed by atoms with van der Waals surface area (Å²) >= 11 is 5.22. The zero-order valence-electron chi connectivity index (χ0n) is 23.4. The summed E-state index contributed by atoms with van der Waals surface area (Å²) in [5, 5.41) is 11.1. The van der Waals surface area contributed by atoms with Crippen molar-refractivity contribution in [2.24, 2.45) is 5.73 Å². The number of benzene rings is 2. The highest BCUT2D eigenvalue weighted by Gasteiger charge is 2.29. The number of rotatable bonds is 10. The van der Waals surface area contributed by atoms with Gasteiger partial charge in [-0.1, -0.05) is 49.5 Å². The van der Waals surface area contributed by atoms with E-state index in [4.69, 9.17) is 18.0 Å². The van der Waals surface area contributed by atoms with Crippen LogP contribution >= 0.6 is 12.2 Å². The summed E-state index contributed by atoms with van der Waals surface area (Å²) in [6.45, 7) is 5.19. The van der Waals surface area contributed by atoms with Crippen molar-refractivity contribution in [3.05, 3.63) is 77.2 Å². The summed E-state index contributed by atoms with van der Waals surface area (Å²) in [5.41, 5.74) is 12.5. The van der Waals surface area contributed by atoms with E-state index in [2.05, 4.69) is 38.4 Å². The number of carbonyl (C=O) groups excluding carboxylic acids is 1. The number of nitrogens with one attached hydrogen (secondary N) is 2. The highest BCUT2D eigenvalue weighted by molar-refractivity contribution is 7.89. The third-order valence-corrected chi connectivity index (χ3v) is 9.93. The maximum atomic E-state index is 12.7. The number of sulfonamides is 1. The standard InChI is InChI=1S/C30H36N6O3S2/c1-3-13-41(38,39)35-11-9-25(10-12-35)36-19-27(22-5-4-6-23(16-22)30(31)40)26-8-7-21(15-28(26)36)18-32-29(37)17-24-14-20(2)33-34-24/h4-8,14-16,19,25H,3,9-13,17-18H2,1-2H3,(H2,31,40)(H,32,37)(H,33,34). The first-order valence-corrected chi connectivity index (χ1v) is 16.0. The Balaban J connectivity index is 1.44. The van der Waals surface area contributed by atoms with Crippen LogP contribution in [0.4, 0.5) is 0 Å². The molecule has 1 amide bonds. The first kappa shape index (κ1) is 29.0. The van der Waals surface area contributed by atoms with Gasteiger partial charge in [0, 0.05) is 59.6 Å². The minimum atomic E-state index is -3.22. The van der Waals surface area contributed by atoms with Gasteiger partial charge in [-0.15, -0.1) is 0 Å². The monoisotopic (exact) mass is 592 g/mol. The number of piperidine rings is 1. The predicted molar refractivity (Wildman–Crippen MR) is 166 cm³/mol. The summed E-state index contributed by atoms with van der Waals surface area (Å²) < 4.78 is 29.2. The van der Waals surface area contributed by atoms with Crippen LogP contribution in [0.3, 0.4) is 0 Å². The van der Waals surface area contributed by atoms with Crippen LogP contribution in [0.15, 0.2) is 54.7 Å². The van der Waals surface area contributed by atoms with Crippen molar-refractivity contribution >= 4 is 44.0 Å². The Kier molecular flexibility index (Phi) is 8.58. The van der Waals surface area contributed by atoms with Crippen LogP contribution in [0.25, 0.3) is 22.0 Å². The van der Waals surface area contributed by atoms with Gasteiger partial charge < -0.3 is 15.6 Å². The molecule has 2 aromatic heterocycles. The maximum Gasteiger partial charge on any atom is 0.226 e. The van der Waals surface area contributed by atoms with Gasteiger partial charge in [-0.2, -0.15) is 5.10 Å². The van der Waals surface area contributed by atoms with E-state index in [1.54, 1.807) is 4.31 Å². The molecule has 3 heterocycles. The lowest BCUT2D eigenvalue weighted by atomic mass is 10.0. The molecule has 9 nitrogen and oxygen atoms in total. The Hall–Kier alpha value is -3.54. The molecule has 4 aromatic rings. The number of hydrogen-bond acceptors (Lipinski definition) is 5. The van der Waals surface area contributed by atoms with E-state index in [0.717, 1.165) is 51.7 Å². The molecule has 11 heteroatoms. The van der Waals surface area contributed by atoms with E-state index in [1.807, 2.05) is 50.2 Å². The van der Waals surface area contributed by atoms with E-state index in [9.17, 15) is 13.2 Å². The Labute approximate surface area is 246 Å². The van der Waals surface area contributed by atoms with E-state index < -0.39 is 10.0 Å². The van der Waals surface area contributed by atoms with Crippen LogP contribution in [0.1, 0.15) is 54.7 Å². The number of aromatic nitrogens is 3. The van der Waals surface area contributed by atoms with Crippen LogP contribution < -0.4 is 11.1 Å². The molecule has 5 rings (SSSR count). The molecule has 1 aliphatic heterocycles. The number of nitrogens with zero attached hydrogens (tertiary/aromatic N) is 3. The fourth-order valence-electron chi connectivity index (χ4n) is 5.56. The van der Waals surface area contributed by atoms with Gasteiger partial charge in [0.2, 0.25) is 15.9 Å². The van der Waals surface area contributed by atoms with Crippen molar-refractivity contribution in [2.45, 2.75) is 52.1 Å². The maximum absolute atomic E-state index is 12.7. The number of aromatic amines is 1. The van der Waals surface area contributed by atoms with Gasteiger partial charge in [0.15, 0.2) is 0 Å². The summed E-state index contributed by atoms with van der Waals surface area (Å²) in [7, 11) is -3.22. The van der Waals surface area contributed by atoms with Gasteiger partial charge in [0.05, 0.1) is 17.9 Å². The Morgan fingerprint density at radius 1 is 1.17 bits per heavy atom. The Morgan fingerprint density at radius 3 is 2.63 bits per heavy atom. The number of H-pyrrole nitrogens is 1. The lowest BCUT2D eigenvalue weighted by Crippen LogP contribution is -2.40. The van der Waals surface area contributed by atoms with E-state index in [-0.39, 0.29) is 24.1 Å². The normalized spacial score (nSPS) is 14.9. The van der Waals surface area contributed by atoms with E-state index >= 15 is 0 Å². The SMILES string of the molecule is CCCS(=O)(=O)N1CCC(n2cc(-c3cccc(C(N)=S)c3)c3ccc(CNC(=O)Cc4cc(C)[nH]n4)cc32)CC1. The molecular weight excluding hydrogens is 557 g/mol. The van der Waals surface area contributed by atoms with Gasteiger partial charge in [-0.3, -0.25) is 9.89 Å². The minimum Gasteiger partial charge on any atom is -0.389 e. The molecule has 216 valence electrons. The van der Waals surface area contributed by atoms with Crippen LogP contribution in [0.5, 0.6) is 0 Å². The van der Waals surface area contributed by atoms with Crippen molar-refractivity contribution in [1.82, 2.24) is 24.4 Å². The highest BCUT2D eigenvalue weighted by Crippen LogP contribution is 2.36. The third kappa shape index (κ3) is 6.52. The van der Waals surface area contributed by atoms with Gasteiger partial charge in [0.1, 0.15) is 4.99 Å². The average Bonchev–Trinajstić information content (AvgIpc) is 3.54. The molecule has 0 atom stereocenters. The molecule has 0 bridgehead atoms. The third-order valence-electron chi connectivity index (χ3n) is 7.62. The quantitative estimate of drug-likeness (QED) is 0.237. The molecule has 1 fully saturated rings. The lowest BCUT2D eigenvalue weighted by molar-refractivity contribution is -0.120. The Bertz CT molecular complexity index is 1680. The van der Waals surface area contributed by atoms with Gasteiger partial charge in [-0.05, 0) is 55.5 Å². The summed E-state index contributed by atoms with van der Waals surface area (Å²) in [6.07, 6.45) is 4.44. The van der Waals surface area contributed by atoms with Crippen LogP contribution in [-0.2, 0) is 27.8 Å². The molecule has 0 spiro atoms. The molecule has 2 aromatic carbocycles. The number of thiocarbonyl (C=S) groups is 1. The first-order valence-electron chi connectivity index (χ1n) is 13.9. The predicted octanol–water partition coefficient (Wildman–Crippen LogP) is 4.21. The van der Waals surface area contributed by atoms with Gasteiger partial charge >= 0.3 is 0 Å². The second kappa shape index (κ2) is 12.1. The summed E-state index contributed by atoms with van der Waals surface area (Å²) in [4.78, 5) is 12.9. The van der Waals surface area contributed by atoms with Crippen molar-refractivity contribution in [3.8, 4) is 11.1 Å². The second-order valence-electron chi connectivity index (χ2n) is 10.7. The van der Waals surface area contributed by atoms with Crippen molar-refractivity contribution < 1.29 is 13.2 Å². The van der Waals surface area contributed by atoms with Gasteiger partial charge in [-0.25, -0.2) is 12.7 Å². The zero-order chi connectivity index (χ0) is 29.1. The summed E-state index contributed by atoms with van der Waals surface area (Å²) in [5.74, 6) is 0.0884. The highest BCUT2D eigenvalue weighted by atomic mass is 32.2. The topological polar surface area (TPSA) is 126 Å². The van der Waals surface area contributed by atoms with E-state index in [1.165, 1.54) is 0 Å². The molecule has 0 aliphatic carbocycles. The van der Waals surface area contributed by atoms with Crippen LogP contribution in [0, 0.1) is 6.92 Å². The average molecular weight is 593 g/mol. The van der Waals surface area contributed by atoms with Crippen molar-refractivity contribution in [3.63, 3.8) is 0 Å². The summed E-state index contributed by atoms with van der Waals surface area (Å²) in [6, 6.07) is 16.2. The molecule has 1 saturated heterocycles. The molecule has 4 N–H and O–H groups in total.